The van der Waals surface area contributed by atoms with Gasteiger partial charge in [0.05, 0.1) is 38.1 Å². The molecule has 5 heteroatoms. The van der Waals surface area contributed by atoms with Crippen LogP contribution in [0.4, 0.5) is 11.4 Å². The second kappa shape index (κ2) is 4.62. The van der Waals surface area contributed by atoms with Gasteiger partial charge in [0.15, 0.2) is 0 Å². The van der Waals surface area contributed by atoms with Crippen molar-refractivity contribution in [1.82, 2.24) is 0 Å². The summed E-state index contributed by atoms with van der Waals surface area (Å²) in [5.41, 5.74) is 17.8. The van der Waals surface area contributed by atoms with Crippen LogP contribution in [0.2, 0.25) is 0 Å². The highest BCUT2D eigenvalue weighted by Crippen LogP contribution is 2.35. The summed E-state index contributed by atoms with van der Waals surface area (Å²) in [4.78, 5) is 0. The van der Waals surface area contributed by atoms with E-state index in [1.54, 1.807) is 0 Å². The van der Waals surface area contributed by atoms with Crippen LogP contribution >= 0.6 is 0 Å². The quantitative estimate of drug-likeness (QED) is 0.589. The van der Waals surface area contributed by atoms with Gasteiger partial charge in [-0.1, -0.05) is 0 Å². The SMILES string of the molecule is Nc1cc(CC2CO2)c(N)c(CC2CO2)c1CC1CO1. The zero-order valence-corrected chi connectivity index (χ0v) is 11.4. The fourth-order valence-corrected chi connectivity index (χ4v) is 2.78. The van der Waals surface area contributed by atoms with E-state index >= 15 is 0 Å². The average Bonchev–Trinajstić information content (AvgIpc) is 3.22. The molecule has 1 aromatic carbocycles. The first kappa shape index (κ1) is 12.4. The van der Waals surface area contributed by atoms with Crippen molar-refractivity contribution >= 4 is 11.4 Å². The number of anilines is 2. The molecule has 4 N–H and O–H groups in total. The Kier molecular flexibility index (Phi) is 2.87. The lowest BCUT2D eigenvalue weighted by atomic mass is 9.91. The molecule has 4 rings (SSSR count). The normalized spacial score (nSPS) is 30.3. The van der Waals surface area contributed by atoms with Crippen molar-refractivity contribution in [2.24, 2.45) is 0 Å². The third-order valence-corrected chi connectivity index (χ3v) is 4.23. The van der Waals surface area contributed by atoms with E-state index in [0.717, 1.165) is 61.6 Å². The molecule has 0 spiro atoms. The molecule has 0 aliphatic carbocycles. The van der Waals surface area contributed by atoms with Crippen LogP contribution in [0.1, 0.15) is 16.7 Å². The third kappa shape index (κ3) is 2.61. The van der Waals surface area contributed by atoms with Crippen molar-refractivity contribution in [2.45, 2.75) is 37.6 Å². The van der Waals surface area contributed by atoms with Crippen LogP contribution in [0, 0.1) is 0 Å². The molecule has 3 aliphatic heterocycles. The van der Waals surface area contributed by atoms with Crippen molar-refractivity contribution in [2.75, 3.05) is 31.3 Å². The molecular formula is C15H20N2O3. The topological polar surface area (TPSA) is 89.6 Å². The Balaban J connectivity index is 1.68. The zero-order chi connectivity index (χ0) is 13.7. The van der Waals surface area contributed by atoms with Gasteiger partial charge in [0, 0.05) is 30.6 Å². The van der Waals surface area contributed by atoms with Crippen LogP contribution in [0.5, 0.6) is 0 Å². The minimum atomic E-state index is 0.308. The molecule has 0 amide bonds. The fraction of sp³-hybridized carbons (Fsp3) is 0.600. The van der Waals surface area contributed by atoms with E-state index in [2.05, 4.69) is 0 Å². The monoisotopic (exact) mass is 276 g/mol. The maximum atomic E-state index is 6.39. The van der Waals surface area contributed by atoms with Gasteiger partial charge in [0.2, 0.25) is 0 Å². The smallest absolute Gasteiger partial charge is 0.0851 e. The summed E-state index contributed by atoms with van der Waals surface area (Å²) in [6.45, 7) is 2.49. The van der Waals surface area contributed by atoms with Crippen LogP contribution in [0.15, 0.2) is 6.07 Å². The van der Waals surface area contributed by atoms with Crippen LogP contribution in [-0.2, 0) is 33.5 Å². The first-order valence-corrected chi connectivity index (χ1v) is 7.24. The molecule has 20 heavy (non-hydrogen) atoms. The van der Waals surface area contributed by atoms with Gasteiger partial charge in [-0.3, -0.25) is 0 Å². The second-order valence-electron chi connectivity index (χ2n) is 5.97. The van der Waals surface area contributed by atoms with Crippen LogP contribution in [0.25, 0.3) is 0 Å². The summed E-state index contributed by atoms with van der Waals surface area (Å²) in [6.07, 6.45) is 3.51. The number of epoxide rings is 3. The summed E-state index contributed by atoms with van der Waals surface area (Å²) in [7, 11) is 0. The number of nitrogen functional groups attached to an aromatic ring is 2. The highest BCUT2D eigenvalue weighted by molar-refractivity contribution is 5.67. The van der Waals surface area contributed by atoms with E-state index < -0.39 is 0 Å². The molecule has 3 unspecified atom stereocenters. The summed E-state index contributed by atoms with van der Waals surface area (Å²) in [6, 6.07) is 2.02. The van der Waals surface area contributed by atoms with Crippen molar-refractivity contribution in [1.29, 1.82) is 0 Å². The molecule has 3 fully saturated rings. The van der Waals surface area contributed by atoms with Gasteiger partial charge in [-0.2, -0.15) is 0 Å². The van der Waals surface area contributed by atoms with E-state index in [1.807, 2.05) is 6.07 Å². The number of hydrogen-bond donors (Lipinski definition) is 2. The lowest BCUT2D eigenvalue weighted by molar-refractivity contribution is 0.401. The predicted molar refractivity (Wildman–Crippen MR) is 75.6 cm³/mol. The standard InChI is InChI=1S/C15H20N2O3/c16-14-2-8(1-9-5-18-9)15(17)13(4-11-7-20-11)12(14)3-10-6-19-10/h2,9-11H,1,3-7,16-17H2. The Morgan fingerprint density at radius 2 is 1.35 bits per heavy atom. The summed E-state index contributed by atoms with van der Waals surface area (Å²) >= 11 is 0. The number of rotatable bonds is 6. The summed E-state index contributed by atoms with van der Waals surface area (Å²) in [5.74, 6) is 0. The number of hydrogen-bond acceptors (Lipinski definition) is 5. The van der Waals surface area contributed by atoms with E-state index in [1.165, 1.54) is 5.56 Å². The van der Waals surface area contributed by atoms with Crippen molar-refractivity contribution in [3.05, 3.63) is 22.8 Å². The Labute approximate surface area is 118 Å². The van der Waals surface area contributed by atoms with Gasteiger partial charge in [-0.25, -0.2) is 0 Å². The molecule has 1 aromatic rings. The molecule has 3 aliphatic rings. The van der Waals surface area contributed by atoms with Crippen molar-refractivity contribution in [3.8, 4) is 0 Å². The maximum Gasteiger partial charge on any atom is 0.0851 e. The number of nitrogens with two attached hydrogens (primary N) is 2. The minimum Gasteiger partial charge on any atom is -0.398 e. The van der Waals surface area contributed by atoms with E-state index in [-0.39, 0.29) is 0 Å². The highest BCUT2D eigenvalue weighted by Gasteiger charge is 2.31. The number of ether oxygens (including phenoxy) is 3. The summed E-state index contributed by atoms with van der Waals surface area (Å²) in [5, 5.41) is 0. The Bertz CT molecular complexity index is 534. The molecule has 0 saturated carbocycles. The average molecular weight is 276 g/mol. The van der Waals surface area contributed by atoms with Gasteiger partial charge < -0.3 is 25.7 Å². The third-order valence-electron chi connectivity index (χ3n) is 4.23. The molecule has 0 aromatic heterocycles. The van der Waals surface area contributed by atoms with E-state index in [4.69, 9.17) is 25.7 Å². The van der Waals surface area contributed by atoms with Gasteiger partial charge in [0.1, 0.15) is 0 Å². The Morgan fingerprint density at radius 1 is 0.850 bits per heavy atom. The molecule has 5 nitrogen and oxygen atoms in total. The van der Waals surface area contributed by atoms with E-state index in [9.17, 15) is 0 Å². The lowest BCUT2D eigenvalue weighted by Crippen LogP contribution is -2.13. The zero-order valence-electron chi connectivity index (χ0n) is 11.4. The predicted octanol–water partition coefficient (Wildman–Crippen LogP) is 0.675. The highest BCUT2D eigenvalue weighted by atomic mass is 16.6. The molecule has 3 heterocycles. The first-order chi connectivity index (χ1) is 9.70. The molecule has 3 atom stereocenters. The summed E-state index contributed by atoms with van der Waals surface area (Å²) < 4.78 is 16.0. The first-order valence-electron chi connectivity index (χ1n) is 7.24. The molecule has 3 saturated heterocycles. The Morgan fingerprint density at radius 3 is 1.90 bits per heavy atom. The molecule has 0 radical (unpaired) electrons. The Hall–Kier alpha value is -1.30. The van der Waals surface area contributed by atoms with Gasteiger partial charge >= 0.3 is 0 Å². The number of benzene rings is 1. The van der Waals surface area contributed by atoms with E-state index in [0.29, 0.717) is 18.3 Å². The van der Waals surface area contributed by atoms with Crippen LogP contribution in [-0.4, -0.2) is 38.1 Å². The van der Waals surface area contributed by atoms with Crippen molar-refractivity contribution in [3.63, 3.8) is 0 Å². The van der Waals surface area contributed by atoms with Gasteiger partial charge in [-0.15, -0.1) is 0 Å². The minimum absolute atomic E-state index is 0.308. The molecule has 0 bridgehead atoms. The maximum absolute atomic E-state index is 6.39. The lowest BCUT2D eigenvalue weighted by Gasteiger charge is -2.17. The van der Waals surface area contributed by atoms with Gasteiger partial charge in [-0.05, 0) is 22.8 Å². The molecule has 108 valence electrons. The van der Waals surface area contributed by atoms with Crippen molar-refractivity contribution < 1.29 is 14.2 Å². The largest absolute Gasteiger partial charge is 0.398 e. The second-order valence-corrected chi connectivity index (χ2v) is 5.97. The molecular weight excluding hydrogens is 256 g/mol. The van der Waals surface area contributed by atoms with Crippen LogP contribution < -0.4 is 11.5 Å². The van der Waals surface area contributed by atoms with Gasteiger partial charge in [0.25, 0.3) is 0 Å². The van der Waals surface area contributed by atoms with Crippen LogP contribution in [0.3, 0.4) is 0 Å². The fourth-order valence-electron chi connectivity index (χ4n) is 2.78.